The van der Waals surface area contributed by atoms with Crippen LogP contribution in [0.4, 0.5) is 10.7 Å². The summed E-state index contributed by atoms with van der Waals surface area (Å²) in [5.74, 6) is -1.05. The summed E-state index contributed by atoms with van der Waals surface area (Å²) in [6, 6.07) is 5.77. The Balaban J connectivity index is 1.96. The first-order valence-electron chi connectivity index (χ1n) is 9.39. The first kappa shape index (κ1) is 20.0. The maximum absolute atomic E-state index is 12.7. The summed E-state index contributed by atoms with van der Waals surface area (Å²) in [4.78, 5) is 37.2. The fourth-order valence-electron chi connectivity index (χ4n) is 3.31. The number of ether oxygens (including phenoxy) is 1. The number of anilines is 1. The van der Waals surface area contributed by atoms with Crippen molar-refractivity contribution in [1.29, 1.82) is 0 Å². The summed E-state index contributed by atoms with van der Waals surface area (Å²) in [6.45, 7) is 2.22. The third-order valence-electron chi connectivity index (χ3n) is 4.64. The molecule has 0 radical (unpaired) electrons. The second-order valence-electron chi connectivity index (χ2n) is 6.63. The van der Waals surface area contributed by atoms with Crippen molar-refractivity contribution in [3.05, 3.63) is 55.9 Å². The lowest BCUT2D eigenvalue weighted by atomic mass is 10.1. The van der Waals surface area contributed by atoms with Crippen molar-refractivity contribution in [2.24, 2.45) is 0 Å². The Hall–Kier alpha value is -2.74. The van der Waals surface area contributed by atoms with Crippen LogP contribution >= 0.6 is 11.3 Å². The van der Waals surface area contributed by atoms with Crippen LogP contribution < -0.4 is 5.32 Å². The van der Waals surface area contributed by atoms with E-state index in [4.69, 9.17) is 4.74 Å². The zero-order valence-corrected chi connectivity index (χ0v) is 16.5. The summed E-state index contributed by atoms with van der Waals surface area (Å²) < 4.78 is 5.34. The number of rotatable bonds is 6. The van der Waals surface area contributed by atoms with Gasteiger partial charge in [-0.25, -0.2) is 4.79 Å². The molecule has 28 heavy (non-hydrogen) atoms. The fourth-order valence-corrected chi connectivity index (χ4v) is 4.58. The minimum absolute atomic E-state index is 0.0380. The minimum atomic E-state index is -0.603. The molecule has 1 aromatic heterocycles. The lowest BCUT2D eigenvalue weighted by Gasteiger charge is -2.09. The van der Waals surface area contributed by atoms with Gasteiger partial charge in [-0.1, -0.05) is 25.5 Å². The second-order valence-corrected chi connectivity index (χ2v) is 7.74. The van der Waals surface area contributed by atoms with E-state index in [0.29, 0.717) is 23.6 Å². The molecule has 0 aliphatic heterocycles. The molecule has 1 aliphatic carbocycles. The van der Waals surface area contributed by atoms with E-state index in [2.05, 4.69) is 5.32 Å². The van der Waals surface area contributed by atoms with Crippen LogP contribution in [-0.2, 0) is 17.6 Å². The molecule has 148 valence electrons. The van der Waals surface area contributed by atoms with Gasteiger partial charge in [-0.3, -0.25) is 14.9 Å². The number of amides is 1. The Labute approximate surface area is 166 Å². The highest BCUT2D eigenvalue weighted by molar-refractivity contribution is 7.17. The van der Waals surface area contributed by atoms with Gasteiger partial charge in [0, 0.05) is 10.9 Å². The number of aryl methyl sites for hydroxylation is 1. The van der Waals surface area contributed by atoms with Gasteiger partial charge in [-0.05, 0) is 43.7 Å². The van der Waals surface area contributed by atoms with Crippen LogP contribution in [0.25, 0.3) is 0 Å². The van der Waals surface area contributed by atoms with Gasteiger partial charge >= 0.3 is 5.97 Å². The van der Waals surface area contributed by atoms with Gasteiger partial charge in [0.15, 0.2) is 0 Å². The molecule has 1 N–H and O–H groups in total. The molecular formula is C20H22N2O5S. The molecule has 0 unspecified atom stereocenters. The number of nitro benzene ring substituents is 1. The molecule has 0 fully saturated rings. The second kappa shape index (κ2) is 8.97. The molecule has 0 saturated carbocycles. The Morgan fingerprint density at radius 3 is 2.71 bits per heavy atom. The molecule has 0 atom stereocenters. The quantitative estimate of drug-likeness (QED) is 0.325. The first-order valence-corrected chi connectivity index (χ1v) is 10.2. The van der Waals surface area contributed by atoms with E-state index in [1.54, 1.807) is 6.07 Å². The zero-order valence-electron chi connectivity index (χ0n) is 15.7. The van der Waals surface area contributed by atoms with Crippen LogP contribution in [0, 0.1) is 10.1 Å². The van der Waals surface area contributed by atoms with Crippen LogP contribution in [0.5, 0.6) is 0 Å². The summed E-state index contributed by atoms with van der Waals surface area (Å²) in [7, 11) is 0. The maximum Gasteiger partial charge on any atom is 0.341 e. The average molecular weight is 402 g/mol. The Morgan fingerprint density at radius 1 is 1.21 bits per heavy atom. The Kier molecular flexibility index (Phi) is 6.41. The van der Waals surface area contributed by atoms with Crippen molar-refractivity contribution < 1.29 is 19.2 Å². The largest absolute Gasteiger partial charge is 0.462 e. The number of para-hydroxylation sites is 1. The molecule has 0 spiro atoms. The predicted molar refractivity (Wildman–Crippen MR) is 107 cm³/mol. The number of esters is 1. The molecule has 1 aliphatic rings. The number of nitrogens with zero attached hydrogens (tertiary/aromatic N) is 1. The highest BCUT2D eigenvalue weighted by Gasteiger charge is 2.28. The maximum atomic E-state index is 12.7. The topological polar surface area (TPSA) is 98.5 Å². The van der Waals surface area contributed by atoms with Gasteiger partial charge in [0.2, 0.25) is 0 Å². The molecule has 2 aromatic rings. The van der Waals surface area contributed by atoms with Crippen LogP contribution in [-0.4, -0.2) is 23.4 Å². The highest BCUT2D eigenvalue weighted by Crippen LogP contribution is 2.38. The van der Waals surface area contributed by atoms with Crippen molar-refractivity contribution in [2.45, 2.75) is 45.4 Å². The van der Waals surface area contributed by atoms with E-state index in [1.807, 2.05) is 6.92 Å². The standard InChI is InChI=1S/C20H22N2O5S/c1-2-12-27-20(24)17-14-9-4-3-5-11-16(14)28-19(17)21-18(23)13-8-6-7-10-15(13)22(25)26/h6-8,10H,2-5,9,11-12H2,1H3,(H,21,23). The van der Waals surface area contributed by atoms with Crippen LogP contribution in [0.3, 0.4) is 0 Å². The fraction of sp³-hybridized carbons (Fsp3) is 0.400. The van der Waals surface area contributed by atoms with Crippen molar-refractivity contribution in [2.75, 3.05) is 11.9 Å². The average Bonchev–Trinajstić information content (AvgIpc) is 2.86. The van der Waals surface area contributed by atoms with Gasteiger partial charge in [0.05, 0.1) is 17.1 Å². The molecule has 1 heterocycles. The monoisotopic (exact) mass is 402 g/mol. The van der Waals surface area contributed by atoms with E-state index >= 15 is 0 Å². The van der Waals surface area contributed by atoms with E-state index < -0.39 is 16.8 Å². The third kappa shape index (κ3) is 4.22. The number of hydrogen-bond donors (Lipinski definition) is 1. The van der Waals surface area contributed by atoms with Crippen molar-refractivity contribution >= 4 is 33.9 Å². The predicted octanol–water partition coefficient (Wildman–Crippen LogP) is 4.74. The molecule has 1 aromatic carbocycles. The number of carbonyl (C=O) groups excluding carboxylic acids is 2. The first-order chi connectivity index (χ1) is 13.5. The van der Waals surface area contributed by atoms with Crippen molar-refractivity contribution in [3.8, 4) is 0 Å². The number of nitro groups is 1. The SMILES string of the molecule is CCCOC(=O)c1c(NC(=O)c2ccccc2[N+](=O)[O-])sc2c1CCCCC2. The Bertz CT molecular complexity index is 906. The number of thiophene rings is 1. The number of fused-ring (bicyclic) bond motifs is 1. The molecule has 1 amide bonds. The van der Waals surface area contributed by atoms with Gasteiger partial charge < -0.3 is 10.1 Å². The normalized spacial score (nSPS) is 13.3. The molecular weight excluding hydrogens is 380 g/mol. The molecule has 3 rings (SSSR count). The van der Waals surface area contributed by atoms with Gasteiger partial charge in [0.25, 0.3) is 11.6 Å². The molecule has 7 nitrogen and oxygen atoms in total. The third-order valence-corrected chi connectivity index (χ3v) is 5.84. The lowest BCUT2D eigenvalue weighted by molar-refractivity contribution is -0.385. The van der Waals surface area contributed by atoms with Crippen molar-refractivity contribution in [1.82, 2.24) is 0 Å². The molecule has 0 bridgehead atoms. The van der Waals surface area contributed by atoms with Crippen molar-refractivity contribution in [3.63, 3.8) is 0 Å². The van der Waals surface area contributed by atoms with E-state index in [1.165, 1.54) is 29.5 Å². The van der Waals surface area contributed by atoms with Gasteiger partial charge in [0.1, 0.15) is 10.6 Å². The van der Waals surface area contributed by atoms with Gasteiger partial charge in [-0.15, -0.1) is 11.3 Å². The zero-order chi connectivity index (χ0) is 20.1. The lowest BCUT2D eigenvalue weighted by Crippen LogP contribution is -2.16. The van der Waals surface area contributed by atoms with Crippen LogP contribution in [0.15, 0.2) is 24.3 Å². The smallest absolute Gasteiger partial charge is 0.341 e. The number of benzene rings is 1. The summed E-state index contributed by atoms with van der Waals surface area (Å²) in [5, 5.41) is 14.4. The van der Waals surface area contributed by atoms with E-state index in [-0.39, 0.29) is 11.3 Å². The number of carbonyl (C=O) groups is 2. The van der Waals surface area contributed by atoms with Gasteiger partial charge in [-0.2, -0.15) is 0 Å². The molecule has 8 heteroatoms. The van der Waals surface area contributed by atoms with E-state index in [0.717, 1.165) is 42.5 Å². The number of nitrogens with one attached hydrogen (secondary N) is 1. The van der Waals surface area contributed by atoms with Crippen LogP contribution in [0.1, 0.15) is 63.8 Å². The number of hydrogen-bond acceptors (Lipinski definition) is 6. The summed E-state index contributed by atoms with van der Waals surface area (Å²) in [5.41, 5.74) is 1.04. The molecule has 0 saturated heterocycles. The minimum Gasteiger partial charge on any atom is -0.462 e. The van der Waals surface area contributed by atoms with E-state index in [9.17, 15) is 19.7 Å². The van der Waals surface area contributed by atoms with Crippen LogP contribution in [0.2, 0.25) is 0 Å². The summed E-state index contributed by atoms with van der Waals surface area (Å²) in [6.07, 6.45) is 5.45. The highest BCUT2D eigenvalue weighted by atomic mass is 32.1. The summed E-state index contributed by atoms with van der Waals surface area (Å²) >= 11 is 1.37. The Morgan fingerprint density at radius 2 is 1.96 bits per heavy atom.